The van der Waals surface area contributed by atoms with Crippen molar-refractivity contribution in [3.8, 4) is 5.75 Å². The third-order valence-electron chi connectivity index (χ3n) is 2.65. The van der Waals surface area contributed by atoms with Gasteiger partial charge >= 0.3 is 0 Å². The van der Waals surface area contributed by atoms with E-state index in [4.69, 9.17) is 4.74 Å². The lowest BCUT2D eigenvalue weighted by Gasteiger charge is -2.23. The monoisotopic (exact) mass is 295 g/mol. The lowest BCUT2D eigenvalue weighted by atomic mass is 10.1. The Morgan fingerprint density at radius 1 is 1.29 bits per heavy atom. The fourth-order valence-corrected chi connectivity index (χ4v) is 1.53. The number of benzene rings is 1. The maximum Gasteiger partial charge on any atom is 0.269 e. The zero-order chi connectivity index (χ0) is 16.0. The highest BCUT2D eigenvalue weighted by Crippen LogP contribution is 2.17. The van der Waals surface area contributed by atoms with Crippen molar-refractivity contribution in [2.45, 2.75) is 19.9 Å². The number of amides is 1. The molecule has 1 atom stereocenters. The van der Waals surface area contributed by atoms with Crippen LogP contribution in [-0.2, 0) is 9.59 Å². The molecule has 0 aromatic heterocycles. The number of nitrogens with zero attached hydrogens (tertiary/aromatic N) is 1. The van der Waals surface area contributed by atoms with E-state index in [0.717, 1.165) is 0 Å². The Labute approximate surface area is 120 Å². The van der Waals surface area contributed by atoms with Gasteiger partial charge in [-0.25, -0.2) is 0 Å². The van der Waals surface area contributed by atoms with Crippen molar-refractivity contribution in [3.05, 3.63) is 34.4 Å². The lowest BCUT2D eigenvalue weighted by molar-refractivity contribution is -0.384. The molecule has 0 saturated heterocycles. The average molecular weight is 295 g/mol. The number of carboxylic acids is 1. The number of nitro benzene ring substituents is 1. The maximum absolute atomic E-state index is 11.6. The molecule has 0 saturated carbocycles. The van der Waals surface area contributed by atoms with Gasteiger partial charge in [0.1, 0.15) is 5.75 Å². The maximum atomic E-state index is 11.6. The minimum Gasteiger partial charge on any atom is -0.548 e. The first-order valence-corrected chi connectivity index (χ1v) is 6.18. The Kier molecular flexibility index (Phi) is 5.65. The number of carbonyl (C=O) groups excluding carboxylic acids is 2. The molecule has 0 heterocycles. The summed E-state index contributed by atoms with van der Waals surface area (Å²) in [5.74, 6) is -2.03. The third-order valence-corrected chi connectivity index (χ3v) is 2.65. The van der Waals surface area contributed by atoms with Gasteiger partial charge in [0.2, 0.25) is 0 Å². The quantitative estimate of drug-likeness (QED) is 0.552. The highest BCUT2D eigenvalue weighted by Gasteiger charge is 2.17. The van der Waals surface area contributed by atoms with E-state index >= 15 is 0 Å². The van der Waals surface area contributed by atoms with Gasteiger partial charge in [-0.2, -0.15) is 0 Å². The summed E-state index contributed by atoms with van der Waals surface area (Å²) in [6.45, 7) is 2.88. The second-order valence-electron chi connectivity index (χ2n) is 4.65. The molecule has 1 unspecified atom stereocenters. The third kappa shape index (κ3) is 5.09. The molecule has 0 aliphatic carbocycles. The topological polar surface area (TPSA) is 122 Å². The van der Waals surface area contributed by atoms with Crippen molar-refractivity contribution in [3.63, 3.8) is 0 Å². The van der Waals surface area contributed by atoms with E-state index in [9.17, 15) is 24.8 Å². The van der Waals surface area contributed by atoms with Gasteiger partial charge in [-0.3, -0.25) is 14.9 Å². The molecule has 1 amide bonds. The molecule has 0 aliphatic heterocycles. The van der Waals surface area contributed by atoms with E-state index in [2.05, 4.69) is 5.32 Å². The highest BCUT2D eigenvalue weighted by molar-refractivity contribution is 5.83. The standard InChI is InChI=1S/C13H16N2O6/c1-8(2)12(13(17)18)14-11(16)7-21-10-5-3-9(4-6-10)15(19)20/h3-6,8,12H,7H2,1-2H3,(H,14,16)(H,17,18)/p-1. The van der Waals surface area contributed by atoms with Gasteiger partial charge < -0.3 is 20.0 Å². The summed E-state index contributed by atoms with van der Waals surface area (Å²) < 4.78 is 5.11. The van der Waals surface area contributed by atoms with E-state index in [1.165, 1.54) is 24.3 Å². The average Bonchev–Trinajstić information content (AvgIpc) is 2.42. The van der Waals surface area contributed by atoms with Gasteiger partial charge in [-0.15, -0.1) is 0 Å². The second-order valence-corrected chi connectivity index (χ2v) is 4.65. The molecule has 1 N–H and O–H groups in total. The number of hydrogen-bond donors (Lipinski definition) is 1. The summed E-state index contributed by atoms with van der Waals surface area (Å²) in [4.78, 5) is 32.3. The van der Waals surface area contributed by atoms with Gasteiger partial charge in [0.05, 0.1) is 16.9 Å². The Hall–Kier alpha value is -2.64. The second kappa shape index (κ2) is 7.22. The first-order valence-electron chi connectivity index (χ1n) is 6.18. The van der Waals surface area contributed by atoms with Crippen LogP contribution in [0.25, 0.3) is 0 Å². The van der Waals surface area contributed by atoms with Crippen LogP contribution >= 0.6 is 0 Å². The molecule has 1 aromatic carbocycles. The molecule has 0 radical (unpaired) electrons. The van der Waals surface area contributed by atoms with Crippen LogP contribution in [0.5, 0.6) is 5.75 Å². The molecule has 8 heteroatoms. The van der Waals surface area contributed by atoms with Crippen LogP contribution in [-0.4, -0.2) is 29.4 Å². The smallest absolute Gasteiger partial charge is 0.269 e. The summed E-state index contributed by atoms with van der Waals surface area (Å²) in [5, 5.41) is 23.6. The number of non-ortho nitro benzene ring substituents is 1. The summed E-state index contributed by atoms with van der Waals surface area (Å²) in [6.07, 6.45) is 0. The molecule has 1 rings (SSSR count). The number of nitrogens with one attached hydrogen (secondary N) is 1. The molecule has 21 heavy (non-hydrogen) atoms. The Morgan fingerprint density at radius 3 is 2.29 bits per heavy atom. The number of hydrogen-bond acceptors (Lipinski definition) is 6. The van der Waals surface area contributed by atoms with Crippen LogP contribution in [0.3, 0.4) is 0 Å². The van der Waals surface area contributed by atoms with E-state index in [1.807, 2.05) is 0 Å². The van der Waals surface area contributed by atoms with Gasteiger partial charge in [0, 0.05) is 12.1 Å². The van der Waals surface area contributed by atoms with Crippen molar-refractivity contribution >= 4 is 17.6 Å². The summed E-state index contributed by atoms with van der Waals surface area (Å²) >= 11 is 0. The van der Waals surface area contributed by atoms with Crippen molar-refractivity contribution in [1.82, 2.24) is 5.32 Å². The number of ether oxygens (including phenoxy) is 1. The fraction of sp³-hybridized carbons (Fsp3) is 0.385. The van der Waals surface area contributed by atoms with E-state index in [1.54, 1.807) is 13.8 Å². The predicted octanol–water partition coefficient (Wildman–Crippen LogP) is -0.136. The normalized spacial score (nSPS) is 11.8. The minimum atomic E-state index is -1.37. The molecule has 1 aromatic rings. The molecular weight excluding hydrogens is 280 g/mol. The van der Waals surface area contributed by atoms with E-state index in [0.29, 0.717) is 0 Å². The lowest BCUT2D eigenvalue weighted by Crippen LogP contribution is -2.51. The zero-order valence-corrected chi connectivity index (χ0v) is 11.6. The first kappa shape index (κ1) is 16.4. The minimum absolute atomic E-state index is 0.0939. The van der Waals surface area contributed by atoms with Crippen molar-refractivity contribution in [2.75, 3.05) is 6.61 Å². The van der Waals surface area contributed by atoms with Crippen LogP contribution in [0.15, 0.2) is 24.3 Å². The summed E-state index contributed by atoms with van der Waals surface area (Å²) in [7, 11) is 0. The number of aliphatic carboxylic acids is 1. The number of nitro groups is 1. The molecule has 114 valence electrons. The molecule has 8 nitrogen and oxygen atoms in total. The van der Waals surface area contributed by atoms with Gasteiger partial charge in [-0.05, 0) is 18.1 Å². The number of carboxylic acid groups (broad SMARTS) is 1. The van der Waals surface area contributed by atoms with Gasteiger partial charge in [0.15, 0.2) is 6.61 Å². The predicted molar refractivity (Wildman–Crippen MR) is 70.4 cm³/mol. The van der Waals surface area contributed by atoms with Crippen LogP contribution < -0.4 is 15.2 Å². The summed E-state index contributed by atoms with van der Waals surface area (Å²) in [6, 6.07) is 4.09. The Bertz CT molecular complexity index is 526. The van der Waals surface area contributed by atoms with E-state index < -0.39 is 29.4 Å². The van der Waals surface area contributed by atoms with Crippen LogP contribution in [0, 0.1) is 16.0 Å². The van der Waals surface area contributed by atoms with Crippen LogP contribution in [0.4, 0.5) is 5.69 Å². The Balaban J connectivity index is 2.52. The zero-order valence-electron chi connectivity index (χ0n) is 11.6. The van der Waals surface area contributed by atoms with Crippen molar-refractivity contribution in [2.24, 2.45) is 5.92 Å². The first-order chi connectivity index (χ1) is 9.81. The molecule has 0 spiro atoms. The molecule has 0 fully saturated rings. The van der Waals surface area contributed by atoms with Crippen molar-refractivity contribution in [1.29, 1.82) is 0 Å². The SMILES string of the molecule is CC(C)C(NC(=O)COc1ccc([N+](=O)[O-])cc1)C(=O)[O-]. The van der Waals surface area contributed by atoms with Crippen LogP contribution in [0.2, 0.25) is 0 Å². The largest absolute Gasteiger partial charge is 0.548 e. The van der Waals surface area contributed by atoms with Crippen molar-refractivity contribution < 1.29 is 24.4 Å². The van der Waals surface area contributed by atoms with E-state index in [-0.39, 0.29) is 17.4 Å². The molecule has 0 bridgehead atoms. The highest BCUT2D eigenvalue weighted by atomic mass is 16.6. The van der Waals surface area contributed by atoms with Crippen LogP contribution in [0.1, 0.15) is 13.8 Å². The summed E-state index contributed by atoms with van der Waals surface area (Å²) in [5.41, 5.74) is -0.0939. The number of rotatable bonds is 7. The molecular formula is C13H15N2O6-. The molecule has 0 aliphatic rings. The Morgan fingerprint density at radius 2 is 1.86 bits per heavy atom. The van der Waals surface area contributed by atoms with Gasteiger partial charge in [0.25, 0.3) is 11.6 Å². The number of carbonyl (C=O) groups is 2. The van der Waals surface area contributed by atoms with Gasteiger partial charge in [-0.1, -0.05) is 13.8 Å². The fourth-order valence-electron chi connectivity index (χ4n) is 1.53.